The highest BCUT2D eigenvalue weighted by molar-refractivity contribution is 7.12. The van der Waals surface area contributed by atoms with Crippen LogP contribution in [-0.2, 0) is 0 Å². The SMILES string of the molecule is O=C(C1=CCCC=C1)c1cccs1. The Kier molecular flexibility index (Phi) is 2.41. The lowest BCUT2D eigenvalue weighted by Gasteiger charge is -2.03. The second-order valence-corrected chi connectivity index (χ2v) is 3.89. The first kappa shape index (κ1) is 8.45. The van der Waals surface area contributed by atoms with Crippen LogP contribution in [0.4, 0.5) is 0 Å². The van der Waals surface area contributed by atoms with Crippen LogP contribution in [-0.4, -0.2) is 5.78 Å². The average Bonchev–Trinajstić information content (AvgIpc) is 2.71. The Hall–Kier alpha value is -1.15. The molecule has 0 spiro atoms. The summed E-state index contributed by atoms with van der Waals surface area (Å²) in [5.41, 5.74) is 0.841. The van der Waals surface area contributed by atoms with Gasteiger partial charge in [0.2, 0.25) is 5.78 Å². The molecule has 1 aliphatic carbocycles. The Bertz CT molecular complexity index is 357. The molecular formula is C11H10OS. The summed E-state index contributed by atoms with van der Waals surface area (Å²) < 4.78 is 0. The summed E-state index contributed by atoms with van der Waals surface area (Å²) in [6.07, 6.45) is 8.04. The molecule has 0 saturated carbocycles. The van der Waals surface area contributed by atoms with Gasteiger partial charge in [-0.05, 0) is 24.3 Å². The van der Waals surface area contributed by atoms with E-state index in [0.29, 0.717) is 0 Å². The molecule has 0 atom stereocenters. The van der Waals surface area contributed by atoms with Crippen LogP contribution in [0.1, 0.15) is 22.5 Å². The van der Waals surface area contributed by atoms with Gasteiger partial charge in [0, 0.05) is 5.57 Å². The van der Waals surface area contributed by atoms with Crippen molar-refractivity contribution in [2.45, 2.75) is 12.8 Å². The van der Waals surface area contributed by atoms with Crippen molar-refractivity contribution in [3.05, 3.63) is 46.2 Å². The first-order valence-electron chi connectivity index (χ1n) is 4.33. The monoisotopic (exact) mass is 190 g/mol. The lowest BCUT2D eigenvalue weighted by molar-refractivity contribution is 0.104. The van der Waals surface area contributed by atoms with E-state index in [9.17, 15) is 4.79 Å². The summed E-state index contributed by atoms with van der Waals surface area (Å²) >= 11 is 1.50. The average molecular weight is 190 g/mol. The molecule has 1 aliphatic rings. The first-order valence-corrected chi connectivity index (χ1v) is 5.21. The fraction of sp³-hybridized carbons (Fsp3) is 0.182. The van der Waals surface area contributed by atoms with E-state index in [0.717, 1.165) is 23.3 Å². The molecule has 0 bridgehead atoms. The first-order chi connectivity index (χ1) is 6.38. The Balaban J connectivity index is 2.23. The second kappa shape index (κ2) is 3.71. The number of ketones is 1. The van der Waals surface area contributed by atoms with Crippen LogP contribution < -0.4 is 0 Å². The number of carbonyl (C=O) groups is 1. The molecule has 0 unspecified atom stereocenters. The van der Waals surface area contributed by atoms with Crippen molar-refractivity contribution in [1.29, 1.82) is 0 Å². The standard InChI is InChI=1S/C11H10OS/c12-11(10-7-4-8-13-10)9-5-2-1-3-6-9/h2,4-8H,1,3H2. The van der Waals surface area contributed by atoms with Crippen LogP contribution in [0, 0.1) is 0 Å². The molecule has 1 heterocycles. The third-order valence-corrected chi connectivity index (χ3v) is 2.87. The zero-order valence-electron chi connectivity index (χ0n) is 7.19. The third-order valence-electron chi connectivity index (χ3n) is 2.00. The van der Waals surface area contributed by atoms with Gasteiger partial charge in [0.15, 0.2) is 0 Å². The largest absolute Gasteiger partial charge is 0.288 e. The zero-order valence-corrected chi connectivity index (χ0v) is 8.01. The molecule has 0 aromatic carbocycles. The van der Waals surface area contributed by atoms with Crippen molar-refractivity contribution in [1.82, 2.24) is 0 Å². The van der Waals surface area contributed by atoms with Crippen molar-refractivity contribution < 1.29 is 4.79 Å². The molecule has 0 amide bonds. The van der Waals surface area contributed by atoms with E-state index in [2.05, 4.69) is 6.08 Å². The molecule has 1 aromatic rings. The number of thiophene rings is 1. The van der Waals surface area contributed by atoms with E-state index in [1.54, 1.807) is 0 Å². The number of allylic oxidation sites excluding steroid dienone is 4. The molecule has 66 valence electrons. The van der Waals surface area contributed by atoms with Crippen LogP contribution >= 0.6 is 11.3 Å². The fourth-order valence-electron chi connectivity index (χ4n) is 1.33. The summed E-state index contributed by atoms with van der Waals surface area (Å²) in [7, 11) is 0. The molecule has 0 fully saturated rings. The van der Waals surface area contributed by atoms with Gasteiger partial charge in [0.05, 0.1) is 4.88 Å². The maximum absolute atomic E-state index is 11.8. The fourth-order valence-corrected chi connectivity index (χ4v) is 2.02. The van der Waals surface area contributed by atoms with Gasteiger partial charge in [0.1, 0.15) is 0 Å². The smallest absolute Gasteiger partial charge is 0.202 e. The number of hydrogen-bond donors (Lipinski definition) is 0. The van der Waals surface area contributed by atoms with Crippen molar-refractivity contribution in [3.63, 3.8) is 0 Å². The van der Waals surface area contributed by atoms with Gasteiger partial charge in [-0.15, -0.1) is 11.3 Å². The molecule has 2 rings (SSSR count). The van der Waals surface area contributed by atoms with Gasteiger partial charge in [0.25, 0.3) is 0 Å². The van der Waals surface area contributed by atoms with E-state index in [4.69, 9.17) is 0 Å². The number of rotatable bonds is 2. The predicted molar refractivity (Wildman–Crippen MR) is 55.1 cm³/mol. The summed E-state index contributed by atoms with van der Waals surface area (Å²) in [5.74, 6) is 0.158. The van der Waals surface area contributed by atoms with Crippen LogP contribution in [0.2, 0.25) is 0 Å². The minimum Gasteiger partial charge on any atom is -0.288 e. The minimum absolute atomic E-state index is 0.158. The van der Waals surface area contributed by atoms with E-state index in [1.165, 1.54) is 11.3 Å². The van der Waals surface area contributed by atoms with E-state index in [1.807, 2.05) is 29.7 Å². The zero-order chi connectivity index (χ0) is 9.10. The highest BCUT2D eigenvalue weighted by Gasteiger charge is 2.11. The van der Waals surface area contributed by atoms with Crippen molar-refractivity contribution in [3.8, 4) is 0 Å². The Morgan fingerprint density at radius 2 is 2.31 bits per heavy atom. The molecule has 2 heteroatoms. The highest BCUT2D eigenvalue weighted by Crippen LogP contribution is 2.18. The summed E-state index contributed by atoms with van der Waals surface area (Å²) in [4.78, 5) is 12.6. The predicted octanol–water partition coefficient (Wildman–Crippen LogP) is 3.21. The van der Waals surface area contributed by atoms with E-state index < -0.39 is 0 Å². The van der Waals surface area contributed by atoms with Gasteiger partial charge in [-0.1, -0.05) is 24.3 Å². The van der Waals surface area contributed by atoms with Crippen molar-refractivity contribution in [2.24, 2.45) is 0 Å². The van der Waals surface area contributed by atoms with Crippen LogP contribution in [0.5, 0.6) is 0 Å². The van der Waals surface area contributed by atoms with Gasteiger partial charge in [-0.3, -0.25) is 4.79 Å². The molecule has 0 N–H and O–H groups in total. The normalized spacial score (nSPS) is 15.5. The minimum atomic E-state index is 0.158. The molecule has 0 saturated heterocycles. The van der Waals surface area contributed by atoms with Crippen LogP contribution in [0.3, 0.4) is 0 Å². The number of hydrogen-bond acceptors (Lipinski definition) is 2. The van der Waals surface area contributed by atoms with E-state index >= 15 is 0 Å². The lowest BCUT2D eigenvalue weighted by Crippen LogP contribution is -2.00. The maximum atomic E-state index is 11.8. The summed E-state index contributed by atoms with van der Waals surface area (Å²) in [6.45, 7) is 0. The second-order valence-electron chi connectivity index (χ2n) is 2.95. The Labute approximate surface area is 81.4 Å². The molecule has 1 aromatic heterocycles. The number of Topliss-reactive ketones (excluding diaryl/α,β-unsaturated/α-hetero) is 1. The van der Waals surface area contributed by atoms with Crippen molar-refractivity contribution in [2.75, 3.05) is 0 Å². The van der Waals surface area contributed by atoms with Crippen LogP contribution in [0.25, 0.3) is 0 Å². The summed E-state index contributed by atoms with van der Waals surface area (Å²) in [6, 6.07) is 3.78. The van der Waals surface area contributed by atoms with Gasteiger partial charge < -0.3 is 0 Å². The molecule has 1 nitrogen and oxygen atoms in total. The van der Waals surface area contributed by atoms with Gasteiger partial charge in [-0.2, -0.15) is 0 Å². The van der Waals surface area contributed by atoms with Gasteiger partial charge in [-0.25, -0.2) is 0 Å². The molecule has 13 heavy (non-hydrogen) atoms. The summed E-state index contributed by atoms with van der Waals surface area (Å²) in [5, 5.41) is 1.93. The maximum Gasteiger partial charge on any atom is 0.202 e. The third kappa shape index (κ3) is 1.78. The van der Waals surface area contributed by atoms with E-state index in [-0.39, 0.29) is 5.78 Å². The topological polar surface area (TPSA) is 17.1 Å². The van der Waals surface area contributed by atoms with Crippen molar-refractivity contribution >= 4 is 17.1 Å². The highest BCUT2D eigenvalue weighted by atomic mass is 32.1. The van der Waals surface area contributed by atoms with Crippen LogP contribution in [0.15, 0.2) is 41.3 Å². The lowest BCUT2D eigenvalue weighted by atomic mass is 10.0. The van der Waals surface area contributed by atoms with Gasteiger partial charge >= 0.3 is 0 Å². The number of carbonyl (C=O) groups excluding carboxylic acids is 1. The Morgan fingerprint density at radius 3 is 2.92 bits per heavy atom. The molecule has 0 radical (unpaired) electrons. The Morgan fingerprint density at radius 1 is 1.38 bits per heavy atom. The molecular weight excluding hydrogens is 180 g/mol. The quantitative estimate of drug-likeness (QED) is 0.654. The molecule has 0 aliphatic heterocycles.